The number of rotatable bonds is 7. The highest BCUT2D eigenvalue weighted by Crippen LogP contribution is 2.47. The SMILES string of the molecule is CCOP(=O)(Nc1cccc(C(=O)OC)c1)OCC. The van der Waals surface area contributed by atoms with Crippen molar-refractivity contribution in [1.29, 1.82) is 0 Å². The molecule has 0 heterocycles. The average Bonchev–Trinajstić information content (AvgIpc) is 2.38. The summed E-state index contributed by atoms with van der Waals surface area (Å²) in [4.78, 5) is 11.4. The van der Waals surface area contributed by atoms with Gasteiger partial charge in [0.25, 0.3) is 0 Å². The third-order valence-corrected chi connectivity index (χ3v) is 3.88. The van der Waals surface area contributed by atoms with Crippen molar-refractivity contribution in [2.45, 2.75) is 13.8 Å². The maximum absolute atomic E-state index is 12.3. The summed E-state index contributed by atoms with van der Waals surface area (Å²) >= 11 is 0. The second kappa shape index (κ2) is 7.28. The summed E-state index contributed by atoms with van der Waals surface area (Å²) in [5, 5.41) is 2.68. The molecule has 1 aromatic carbocycles. The fourth-order valence-corrected chi connectivity index (χ4v) is 2.77. The summed E-state index contributed by atoms with van der Waals surface area (Å²) in [5.74, 6) is -0.466. The molecule has 19 heavy (non-hydrogen) atoms. The second-order valence-electron chi connectivity index (χ2n) is 3.52. The molecule has 6 nitrogen and oxygen atoms in total. The zero-order valence-electron chi connectivity index (χ0n) is 11.2. The van der Waals surface area contributed by atoms with E-state index in [0.717, 1.165) is 0 Å². The van der Waals surface area contributed by atoms with Gasteiger partial charge in [0.1, 0.15) is 0 Å². The van der Waals surface area contributed by atoms with Crippen molar-refractivity contribution in [3.63, 3.8) is 0 Å². The molecule has 0 aromatic heterocycles. The van der Waals surface area contributed by atoms with Gasteiger partial charge in [-0.2, -0.15) is 0 Å². The van der Waals surface area contributed by atoms with Crippen molar-refractivity contribution >= 4 is 19.4 Å². The summed E-state index contributed by atoms with van der Waals surface area (Å²) < 4.78 is 27.1. The molecule has 1 aromatic rings. The number of anilines is 1. The predicted molar refractivity (Wildman–Crippen MR) is 72.3 cm³/mol. The van der Waals surface area contributed by atoms with Gasteiger partial charge in [-0.25, -0.2) is 9.36 Å². The summed E-state index contributed by atoms with van der Waals surface area (Å²) in [6, 6.07) is 6.44. The fourth-order valence-electron chi connectivity index (χ4n) is 1.43. The highest BCUT2D eigenvalue weighted by atomic mass is 31.2. The van der Waals surface area contributed by atoms with Crippen LogP contribution < -0.4 is 5.09 Å². The van der Waals surface area contributed by atoms with Crippen LogP contribution in [0.2, 0.25) is 0 Å². The number of hydrogen-bond donors (Lipinski definition) is 1. The van der Waals surface area contributed by atoms with Gasteiger partial charge in [0, 0.05) is 5.69 Å². The molecule has 0 radical (unpaired) electrons. The van der Waals surface area contributed by atoms with Gasteiger partial charge < -0.3 is 4.74 Å². The van der Waals surface area contributed by atoms with Crippen LogP contribution in [0.5, 0.6) is 0 Å². The molecule has 0 aliphatic rings. The minimum atomic E-state index is -3.40. The van der Waals surface area contributed by atoms with Crippen LogP contribution in [-0.4, -0.2) is 26.3 Å². The monoisotopic (exact) mass is 287 g/mol. The Morgan fingerprint density at radius 1 is 1.26 bits per heavy atom. The zero-order chi connectivity index (χ0) is 14.3. The standard InChI is InChI=1S/C12H18NO5P/c1-4-17-19(15,18-5-2)13-11-8-6-7-10(9-11)12(14)16-3/h6-9H,4-5H2,1-3H3,(H,13,15). The van der Waals surface area contributed by atoms with Crippen molar-refractivity contribution in [3.05, 3.63) is 29.8 Å². The topological polar surface area (TPSA) is 73.9 Å². The lowest BCUT2D eigenvalue weighted by Crippen LogP contribution is -2.06. The summed E-state index contributed by atoms with van der Waals surface area (Å²) in [6.07, 6.45) is 0. The lowest BCUT2D eigenvalue weighted by molar-refractivity contribution is 0.0600. The van der Waals surface area contributed by atoms with E-state index in [-0.39, 0.29) is 13.2 Å². The molecule has 0 spiro atoms. The smallest absolute Gasteiger partial charge is 0.432 e. The maximum atomic E-state index is 12.3. The minimum Gasteiger partial charge on any atom is -0.465 e. The molecule has 0 bridgehead atoms. The van der Waals surface area contributed by atoms with Gasteiger partial charge in [0.2, 0.25) is 0 Å². The van der Waals surface area contributed by atoms with Crippen LogP contribution in [0.15, 0.2) is 24.3 Å². The lowest BCUT2D eigenvalue weighted by Gasteiger charge is -2.18. The molecule has 0 atom stereocenters. The number of nitrogens with one attached hydrogen (secondary N) is 1. The summed E-state index contributed by atoms with van der Waals surface area (Å²) in [6.45, 7) is 3.94. The summed E-state index contributed by atoms with van der Waals surface area (Å²) in [7, 11) is -2.10. The Bertz CT molecular complexity index is 467. The van der Waals surface area contributed by atoms with E-state index >= 15 is 0 Å². The Hall–Kier alpha value is -1.36. The molecule has 1 N–H and O–H groups in total. The van der Waals surface area contributed by atoms with Gasteiger partial charge in [-0.15, -0.1) is 0 Å². The first kappa shape index (κ1) is 15.7. The number of hydrogen-bond acceptors (Lipinski definition) is 5. The van der Waals surface area contributed by atoms with Gasteiger partial charge in [-0.05, 0) is 32.0 Å². The number of carbonyl (C=O) groups is 1. The molecule has 0 aliphatic carbocycles. The third-order valence-electron chi connectivity index (χ3n) is 2.15. The van der Waals surface area contributed by atoms with E-state index in [1.165, 1.54) is 13.2 Å². The van der Waals surface area contributed by atoms with Crippen molar-refractivity contribution in [2.24, 2.45) is 0 Å². The van der Waals surface area contributed by atoms with Crippen LogP contribution in [0.1, 0.15) is 24.2 Å². The van der Waals surface area contributed by atoms with Crippen LogP contribution in [0, 0.1) is 0 Å². The Labute approximate surface area is 112 Å². The van der Waals surface area contributed by atoms with E-state index in [1.807, 2.05) is 0 Å². The van der Waals surface area contributed by atoms with Gasteiger partial charge in [0.15, 0.2) is 0 Å². The maximum Gasteiger partial charge on any atom is 0.432 e. The number of carbonyl (C=O) groups excluding carboxylic acids is 1. The fraction of sp³-hybridized carbons (Fsp3) is 0.417. The minimum absolute atomic E-state index is 0.251. The van der Waals surface area contributed by atoms with Crippen LogP contribution in [0.3, 0.4) is 0 Å². The van der Waals surface area contributed by atoms with E-state index in [2.05, 4.69) is 9.82 Å². The first-order chi connectivity index (χ1) is 9.04. The van der Waals surface area contributed by atoms with E-state index in [0.29, 0.717) is 11.3 Å². The highest BCUT2D eigenvalue weighted by molar-refractivity contribution is 7.55. The van der Waals surface area contributed by atoms with Crippen LogP contribution >= 0.6 is 7.75 Å². The molecule has 1 rings (SSSR count). The molecule has 0 saturated carbocycles. The van der Waals surface area contributed by atoms with E-state index in [9.17, 15) is 9.36 Å². The molecular formula is C12H18NO5P. The average molecular weight is 287 g/mol. The lowest BCUT2D eigenvalue weighted by atomic mass is 10.2. The number of esters is 1. The predicted octanol–water partition coefficient (Wildman–Crippen LogP) is 3.07. The number of benzene rings is 1. The van der Waals surface area contributed by atoms with Crippen LogP contribution in [0.25, 0.3) is 0 Å². The molecule has 0 aliphatic heterocycles. The largest absolute Gasteiger partial charge is 0.465 e. The van der Waals surface area contributed by atoms with E-state index in [4.69, 9.17) is 9.05 Å². The number of methoxy groups -OCH3 is 1. The molecule has 0 saturated heterocycles. The highest BCUT2D eigenvalue weighted by Gasteiger charge is 2.23. The molecule has 7 heteroatoms. The summed E-state index contributed by atoms with van der Waals surface area (Å²) in [5.41, 5.74) is 0.820. The Balaban J connectivity index is 2.91. The molecule has 0 amide bonds. The van der Waals surface area contributed by atoms with Crippen LogP contribution in [-0.2, 0) is 18.3 Å². The third kappa shape index (κ3) is 4.67. The van der Waals surface area contributed by atoms with E-state index < -0.39 is 13.7 Å². The first-order valence-corrected chi connectivity index (χ1v) is 7.44. The number of ether oxygens (including phenoxy) is 1. The Kier molecular flexibility index (Phi) is 6.02. The van der Waals surface area contributed by atoms with Gasteiger partial charge in [-0.1, -0.05) is 6.07 Å². The zero-order valence-corrected chi connectivity index (χ0v) is 12.1. The quantitative estimate of drug-likeness (QED) is 0.613. The van der Waals surface area contributed by atoms with Crippen LogP contribution in [0.4, 0.5) is 5.69 Å². The normalized spacial score (nSPS) is 11.1. The first-order valence-electron chi connectivity index (χ1n) is 5.90. The Morgan fingerprint density at radius 2 is 1.89 bits per heavy atom. The van der Waals surface area contributed by atoms with E-state index in [1.54, 1.807) is 32.0 Å². The van der Waals surface area contributed by atoms with Crippen molar-refractivity contribution in [3.8, 4) is 0 Å². The molecule has 0 unspecified atom stereocenters. The van der Waals surface area contributed by atoms with Crippen molar-refractivity contribution in [1.82, 2.24) is 0 Å². The van der Waals surface area contributed by atoms with Gasteiger partial charge in [-0.3, -0.25) is 14.1 Å². The second-order valence-corrected chi connectivity index (χ2v) is 5.25. The molecule has 106 valence electrons. The molecular weight excluding hydrogens is 269 g/mol. The Morgan fingerprint density at radius 3 is 2.42 bits per heavy atom. The van der Waals surface area contributed by atoms with Gasteiger partial charge >= 0.3 is 13.7 Å². The van der Waals surface area contributed by atoms with Crippen molar-refractivity contribution in [2.75, 3.05) is 25.4 Å². The van der Waals surface area contributed by atoms with Gasteiger partial charge in [0.05, 0.1) is 25.9 Å². The van der Waals surface area contributed by atoms with Crippen molar-refractivity contribution < 1.29 is 23.1 Å². The molecule has 0 fully saturated rings.